The number of ether oxygens (including phenoxy) is 1. The number of carbonyl (C=O) groups is 2. The fraction of sp³-hybridized carbons (Fsp3) is 0.312. The monoisotopic (exact) mass is 346 g/mol. The van der Waals surface area contributed by atoms with E-state index < -0.39 is 11.8 Å². The SMILES string of the molecule is COCCNC(=O)C(=O)Nc1c2c(nn1-c1ccccc1)CSC2. The maximum Gasteiger partial charge on any atom is 0.314 e. The predicted molar refractivity (Wildman–Crippen MR) is 92.1 cm³/mol. The van der Waals surface area contributed by atoms with Gasteiger partial charge < -0.3 is 15.4 Å². The van der Waals surface area contributed by atoms with Gasteiger partial charge in [-0.3, -0.25) is 9.59 Å². The number of nitrogens with zero attached hydrogens (tertiary/aromatic N) is 2. The maximum absolute atomic E-state index is 12.2. The van der Waals surface area contributed by atoms with Gasteiger partial charge in [-0.1, -0.05) is 18.2 Å². The standard InChI is InChI=1S/C16H18N4O3S/c1-23-8-7-17-15(21)16(22)18-14-12-9-24-10-13(12)19-20(14)11-5-3-2-4-6-11/h2-6H,7-10H2,1H3,(H,17,21)(H,18,22). The van der Waals surface area contributed by atoms with Crippen molar-refractivity contribution >= 4 is 29.4 Å². The van der Waals surface area contributed by atoms with E-state index in [1.807, 2.05) is 30.3 Å². The number of methoxy groups -OCH3 is 1. The first-order valence-electron chi connectivity index (χ1n) is 7.52. The van der Waals surface area contributed by atoms with Crippen LogP contribution in [0.1, 0.15) is 11.3 Å². The number of hydrogen-bond donors (Lipinski definition) is 2. The number of thioether (sulfide) groups is 1. The largest absolute Gasteiger partial charge is 0.383 e. The molecule has 0 saturated heterocycles. The molecule has 126 valence electrons. The molecule has 2 amide bonds. The minimum Gasteiger partial charge on any atom is -0.383 e. The van der Waals surface area contributed by atoms with Gasteiger partial charge in [0.15, 0.2) is 0 Å². The molecular formula is C16H18N4O3S. The smallest absolute Gasteiger partial charge is 0.314 e. The van der Waals surface area contributed by atoms with E-state index >= 15 is 0 Å². The topological polar surface area (TPSA) is 85.2 Å². The molecule has 0 bridgehead atoms. The molecule has 2 heterocycles. The number of anilines is 1. The highest BCUT2D eigenvalue weighted by Gasteiger charge is 2.26. The first-order valence-corrected chi connectivity index (χ1v) is 8.68. The summed E-state index contributed by atoms with van der Waals surface area (Å²) in [6.07, 6.45) is 0. The number of rotatable bonds is 5. The van der Waals surface area contributed by atoms with Crippen molar-refractivity contribution in [1.29, 1.82) is 0 Å². The van der Waals surface area contributed by atoms with Gasteiger partial charge in [-0.2, -0.15) is 16.9 Å². The van der Waals surface area contributed by atoms with E-state index in [1.165, 1.54) is 7.11 Å². The first kappa shape index (κ1) is 16.5. The Hall–Kier alpha value is -2.32. The van der Waals surface area contributed by atoms with Gasteiger partial charge in [0.1, 0.15) is 5.82 Å². The van der Waals surface area contributed by atoms with Crippen LogP contribution in [0.25, 0.3) is 5.69 Å². The third-order valence-electron chi connectivity index (χ3n) is 3.58. The molecule has 0 radical (unpaired) electrons. The van der Waals surface area contributed by atoms with Crippen LogP contribution < -0.4 is 10.6 Å². The molecule has 0 aliphatic carbocycles. The van der Waals surface area contributed by atoms with Crippen LogP contribution >= 0.6 is 11.8 Å². The maximum atomic E-state index is 12.2. The summed E-state index contributed by atoms with van der Waals surface area (Å²) in [5.74, 6) is 0.740. The average molecular weight is 346 g/mol. The zero-order valence-electron chi connectivity index (χ0n) is 13.2. The number of hydrogen-bond acceptors (Lipinski definition) is 5. The average Bonchev–Trinajstić information content (AvgIpc) is 3.18. The highest BCUT2D eigenvalue weighted by molar-refractivity contribution is 7.98. The van der Waals surface area contributed by atoms with Gasteiger partial charge >= 0.3 is 11.8 Å². The van der Waals surface area contributed by atoms with Crippen molar-refractivity contribution in [2.75, 3.05) is 25.6 Å². The number of aromatic nitrogens is 2. The second kappa shape index (κ2) is 7.50. The Bertz CT molecular complexity index is 745. The molecule has 0 unspecified atom stereocenters. The van der Waals surface area contributed by atoms with Crippen LogP contribution in [0.5, 0.6) is 0 Å². The summed E-state index contributed by atoms with van der Waals surface area (Å²) < 4.78 is 6.54. The lowest BCUT2D eigenvalue weighted by molar-refractivity contribution is -0.136. The van der Waals surface area contributed by atoms with Gasteiger partial charge in [0.05, 0.1) is 18.0 Å². The molecular weight excluding hydrogens is 328 g/mol. The Morgan fingerprint density at radius 3 is 2.79 bits per heavy atom. The summed E-state index contributed by atoms with van der Waals surface area (Å²) in [5, 5.41) is 9.80. The van der Waals surface area contributed by atoms with E-state index in [4.69, 9.17) is 4.74 Å². The van der Waals surface area contributed by atoms with Crippen molar-refractivity contribution in [3.8, 4) is 5.69 Å². The number of para-hydroxylation sites is 1. The number of nitrogens with one attached hydrogen (secondary N) is 2. The first-order chi connectivity index (χ1) is 11.7. The zero-order chi connectivity index (χ0) is 16.9. The Kier molecular flexibility index (Phi) is 5.17. The van der Waals surface area contributed by atoms with Gasteiger partial charge in [-0.05, 0) is 12.1 Å². The Morgan fingerprint density at radius 2 is 2.04 bits per heavy atom. The minimum atomic E-state index is -0.706. The number of carbonyl (C=O) groups excluding carboxylic acids is 2. The molecule has 24 heavy (non-hydrogen) atoms. The quantitative estimate of drug-likeness (QED) is 0.630. The number of benzene rings is 1. The van der Waals surface area contributed by atoms with Crippen molar-refractivity contribution < 1.29 is 14.3 Å². The molecule has 0 fully saturated rings. The summed E-state index contributed by atoms with van der Waals surface area (Å²) >= 11 is 1.74. The Morgan fingerprint density at radius 1 is 1.25 bits per heavy atom. The molecule has 1 aliphatic heterocycles. The second-order valence-electron chi connectivity index (χ2n) is 5.22. The molecule has 1 aliphatic rings. The molecule has 8 heteroatoms. The van der Waals surface area contributed by atoms with Crippen molar-refractivity contribution in [3.63, 3.8) is 0 Å². The van der Waals surface area contributed by atoms with E-state index in [9.17, 15) is 9.59 Å². The van der Waals surface area contributed by atoms with Crippen molar-refractivity contribution in [1.82, 2.24) is 15.1 Å². The molecule has 0 saturated carbocycles. The summed E-state index contributed by atoms with van der Waals surface area (Å²) in [7, 11) is 1.53. The van der Waals surface area contributed by atoms with Crippen molar-refractivity contribution in [2.45, 2.75) is 11.5 Å². The predicted octanol–water partition coefficient (Wildman–Crippen LogP) is 1.32. The van der Waals surface area contributed by atoms with E-state index in [2.05, 4.69) is 15.7 Å². The summed E-state index contributed by atoms with van der Waals surface area (Å²) in [4.78, 5) is 24.1. The summed E-state index contributed by atoms with van der Waals surface area (Å²) in [6, 6.07) is 9.53. The second-order valence-corrected chi connectivity index (χ2v) is 6.20. The van der Waals surface area contributed by atoms with Crippen LogP contribution in [0, 0.1) is 0 Å². The van der Waals surface area contributed by atoms with Gasteiger partial charge in [0, 0.05) is 30.7 Å². The summed E-state index contributed by atoms with van der Waals surface area (Å²) in [5.41, 5.74) is 2.76. The van der Waals surface area contributed by atoms with Crippen LogP contribution in [-0.2, 0) is 25.8 Å². The summed E-state index contributed by atoms with van der Waals surface area (Å²) in [6.45, 7) is 0.641. The Labute approximate surface area is 143 Å². The molecule has 2 aromatic rings. The Balaban J connectivity index is 1.82. The van der Waals surface area contributed by atoms with E-state index in [-0.39, 0.29) is 6.54 Å². The molecule has 0 atom stereocenters. The number of fused-ring (bicyclic) bond motifs is 1. The lowest BCUT2D eigenvalue weighted by Gasteiger charge is -2.11. The van der Waals surface area contributed by atoms with E-state index in [1.54, 1.807) is 16.4 Å². The molecule has 1 aromatic carbocycles. The number of amides is 2. The van der Waals surface area contributed by atoms with Crippen LogP contribution in [0.3, 0.4) is 0 Å². The van der Waals surface area contributed by atoms with Gasteiger partial charge in [0.2, 0.25) is 0 Å². The molecule has 1 aromatic heterocycles. The third kappa shape index (κ3) is 3.44. The van der Waals surface area contributed by atoms with Crippen LogP contribution in [0.2, 0.25) is 0 Å². The zero-order valence-corrected chi connectivity index (χ0v) is 14.1. The molecule has 3 rings (SSSR count). The van der Waals surface area contributed by atoms with E-state index in [0.29, 0.717) is 12.4 Å². The minimum absolute atomic E-state index is 0.286. The lowest BCUT2D eigenvalue weighted by Crippen LogP contribution is -2.37. The van der Waals surface area contributed by atoms with Crippen molar-refractivity contribution in [3.05, 3.63) is 41.6 Å². The highest BCUT2D eigenvalue weighted by atomic mass is 32.2. The van der Waals surface area contributed by atoms with Gasteiger partial charge in [-0.15, -0.1) is 0 Å². The van der Waals surface area contributed by atoms with Crippen LogP contribution in [0.15, 0.2) is 30.3 Å². The van der Waals surface area contributed by atoms with Gasteiger partial charge in [0.25, 0.3) is 0 Å². The van der Waals surface area contributed by atoms with Crippen LogP contribution in [0.4, 0.5) is 5.82 Å². The fourth-order valence-corrected chi connectivity index (χ4v) is 3.44. The fourth-order valence-electron chi connectivity index (χ4n) is 2.41. The van der Waals surface area contributed by atoms with Gasteiger partial charge in [-0.25, -0.2) is 4.68 Å². The molecule has 7 nitrogen and oxygen atoms in total. The lowest BCUT2D eigenvalue weighted by atomic mass is 10.2. The van der Waals surface area contributed by atoms with Crippen LogP contribution in [-0.4, -0.2) is 41.9 Å². The molecule has 2 N–H and O–H groups in total. The molecule has 0 spiro atoms. The normalized spacial score (nSPS) is 12.7. The van der Waals surface area contributed by atoms with E-state index in [0.717, 1.165) is 28.5 Å². The third-order valence-corrected chi connectivity index (χ3v) is 4.55. The van der Waals surface area contributed by atoms with Crippen molar-refractivity contribution in [2.24, 2.45) is 0 Å². The highest BCUT2D eigenvalue weighted by Crippen LogP contribution is 2.35.